The zero-order chi connectivity index (χ0) is 45.1. The van der Waals surface area contributed by atoms with E-state index in [1.54, 1.807) is 0 Å². The first kappa shape index (κ1) is 61.1. The minimum absolute atomic E-state index is 0.0411. The van der Waals surface area contributed by atoms with Crippen LogP contribution in [-0.4, -0.2) is 46.1 Å². The van der Waals surface area contributed by atoms with Gasteiger partial charge < -0.3 is 20.6 Å². The van der Waals surface area contributed by atoms with E-state index < -0.39 is 18.2 Å². The first-order valence-electron chi connectivity index (χ1n) is 28.5. The van der Waals surface area contributed by atoms with Crippen molar-refractivity contribution in [3.63, 3.8) is 0 Å². The number of aliphatic hydroxyl groups excluding tert-OH is 3. The van der Waals surface area contributed by atoms with Crippen molar-refractivity contribution >= 4 is 5.91 Å². The Morgan fingerprint density at radius 3 is 0.935 bits per heavy atom. The lowest BCUT2D eigenvalue weighted by molar-refractivity contribution is -0.125. The number of hydrogen-bond acceptors (Lipinski definition) is 4. The first-order valence-corrected chi connectivity index (χ1v) is 28.5. The van der Waals surface area contributed by atoms with Gasteiger partial charge in [-0.05, 0) is 38.5 Å². The molecule has 0 aliphatic rings. The summed E-state index contributed by atoms with van der Waals surface area (Å²) in [7, 11) is 0. The van der Waals surface area contributed by atoms with Crippen molar-refractivity contribution in [1.82, 2.24) is 5.32 Å². The van der Waals surface area contributed by atoms with Crippen LogP contribution in [0.2, 0.25) is 0 Å². The predicted molar refractivity (Wildman–Crippen MR) is 273 cm³/mol. The molecule has 0 bridgehead atoms. The summed E-state index contributed by atoms with van der Waals surface area (Å²) in [6.45, 7) is 4.30. The van der Waals surface area contributed by atoms with Crippen LogP contribution >= 0.6 is 0 Å². The Balaban J connectivity index is 3.47. The molecular weight excluding hydrogens is 763 g/mol. The Morgan fingerprint density at radius 1 is 0.387 bits per heavy atom. The van der Waals surface area contributed by atoms with Crippen molar-refractivity contribution in [2.24, 2.45) is 0 Å². The number of amides is 1. The normalized spacial score (nSPS) is 13.3. The summed E-state index contributed by atoms with van der Waals surface area (Å²) in [4.78, 5) is 12.5. The lowest BCUT2D eigenvalue weighted by Gasteiger charge is -2.23. The number of allylic oxidation sites excluding steroid dienone is 2. The zero-order valence-corrected chi connectivity index (χ0v) is 42.3. The molecule has 62 heavy (non-hydrogen) atoms. The largest absolute Gasteiger partial charge is 0.394 e. The summed E-state index contributed by atoms with van der Waals surface area (Å²) in [6, 6.07) is -0.655. The third kappa shape index (κ3) is 48.5. The van der Waals surface area contributed by atoms with Crippen molar-refractivity contribution in [3.8, 4) is 0 Å². The summed E-state index contributed by atoms with van der Waals surface area (Å²) < 4.78 is 0. The minimum Gasteiger partial charge on any atom is -0.394 e. The van der Waals surface area contributed by atoms with Gasteiger partial charge in [0, 0.05) is 0 Å². The number of carbonyl (C=O) groups excluding carboxylic acids is 1. The van der Waals surface area contributed by atoms with E-state index in [2.05, 4.69) is 31.3 Å². The molecule has 3 unspecified atom stereocenters. The van der Waals surface area contributed by atoms with Gasteiger partial charge in [0.1, 0.15) is 0 Å². The fraction of sp³-hybridized carbons (Fsp3) is 0.947. The summed E-state index contributed by atoms with van der Waals surface area (Å²) >= 11 is 0. The molecule has 0 radical (unpaired) electrons. The molecule has 1 amide bonds. The average Bonchev–Trinajstić information content (AvgIpc) is 3.27. The molecule has 5 nitrogen and oxygen atoms in total. The van der Waals surface area contributed by atoms with Gasteiger partial charge in [0.2, 0.25) is 5.91 Å². The highest BCUT2D eigenvalue weighted by atomic mass is 16.3. The molecule has 0 aliphatic carbocycles. The van der Waals surface area contributed by atoms with Crippen LogP contribution in [0.5, 0.6) is 0 Å². The van der Waals surface area contributed by atoms with Gasteiger partial charge >= 0.3 is 0 Å². The van der Waals surface area contributed by atoms with Crippen LogP contribution in [0, 0.1) is 0 Å². The molecule has 0 aromatic heterocycles. The Kier molecular flexibility index (Phi) is 51.9. The van der Waals surface area contributed by atoms with Gasteiger partial charge in [-0.1, -0.05) is 289 Å². The van der Waals surface area contributed by atoms with E-state index in [0.29, 0.717) is 12.8 Å². The lowest BCUT2D eigenvalue weighted by atomic mass is 10.0. The maximum atomic E-state index is 12.5. The number of unbranched alkanes of at least 4 members (excludes halogenated alkanes) is 42. The third-order valence-corrected chi connectivity index (χ3v) is 13.6. The summed E-state index contributed by atoms with van der Waals surface area (Å²) in [5.41, 5.74) is 0. The number of hydrogen-bond donors (Lipinski definition) is 4. The third-order valence-electron chi connectivity index (χ3n) is 13.6. The van der Waals surface area contributed by atoms with Crippen molar-refractivity contribution in [3.05, 3.63) is 12.2 Å². The second-order valence-electron chi connectivity index (χ2n) is 19.9. The molecule has 0 aromatic rings. The van der Waals surface area contributed by atoms with Gasteiger partial charge in [-0.25, -0.2) is 0 Å². The summed E-state index contributed by atoms with van der Waals surface area (Å²) in [5.74, 6) is -0.277. The molecule has 0 spiro atoms. The molecule has 0 rings (SSSR count). The van der Waals surface area contributed by atoms with Crippen molar-refractivity contribution in [2.45, 2.75) is 340 Å². The quantitative estimate of drug-likeness (QED) is 0.0362. The Hall–Kier alpha value is -0.910. The Bertz CT molecular complexity index is 879. The highest BCUT2D eigenvalue weighted by Crippen LogP contribution is 2.18. The molecular formula is C57H113NO4. The van der Waals surface area contributed by atoms with Crippen LogP contribution in [0.25, 0.3) is 0 Å². The second kappa shape index (κ2) is 52.7. The van der Waals surface area contributed by atoms with Gasteiger partial charge in [0.15, 0.2) is 0 Å². The Labute approximate surface area is 389 Å². The van der Waals surface area contributed by atoms with Crippen LogP contribution < -0.4 is 5.32 Å². The summed E-state index contributed by atoms with van der Waals surface area (Å²) in [5, 5.41) is 33.6. The topological polar surface area (TPSA) is 89.8 Å². The fourth-order valence-corrected chi connectivity index (χ4v) is 9.23. The molecule has 0 fully saturated rings. The zero-order valence-electron chi connectivity index (χ0n) is 42.3. The SMILES string of the molecule is CCCCCCCCCCCCCC/C=C\CCCCCCCCCCCCCCCCCC(O)CC(=O)NC(CO)C(O)CCCCCCCCCCCCCCCCCC. The molecule has 0 saturated heterocycles. The van der Waals surface area contributed by atoms with E-state index in [-0.39, 0.29) is 18.9 Å². The van der Waals surface area contributed by atoms with E-state index in [4.69, 9.17) is 0 Å². The number of carbonyl (C=O) groups is 1. The molecule has 4 N–H and O–H groups in total. The van der Waals surface area contributed by atoms with Crippen molar-refractivity contribution in [1.29, 1.82) is 0 Å². The highest BCUT2D eigenvalue weighted by Gasteiger charge is 2.21. The standard InChI is InChI=1S/C57H113NO4/c1-3-5-7-9-11-13-15-17-19-21-22-23-24-25-26-27-28-29-30-31-32-33-34-35-36-38-40-42-44-46-48-50-54(60)52-57(62)58-55(53-59)56(61)51-49-47-45-43-41-39-37-20-18-16-14-12-10-8-6-4-2/h25-26,54-56,59-61H,3-24,27-53H2,1-2H3,(H,58,62)/b26-25-. The first-order chi connectivity index (χ1) is 30.5. The molecule has 0 aromatic carbocycles. The van der Waals surface area contributed by atoms with Gasteiger partial charge in [-0.15, -0.1) is 0 Å². The van der Waals surface area contributed by atoms with Gasteiger partial charge in [0.25, 0.3) is 0 Å². The van der Waals surface area contributed by atoms with E-state index in [1.165, 1.54) is 263 Å². The van der Waals surface area contributed by atoms with Crippen LogP contribution in [0.15, 0.2) is 12.2 Å². The monoisotopic (exact) mass is 876 g/mol. The number of aliphatic hydroxyl groups is 3. The van der Waals surface area contributed by atoms with E-state index in [1.807, 2.05) is 0 Å². The van der Waals surface area contributed by atoms with Crippen LogP contribution in [0.4, 0.5) is 0 Å². The van der Waals surface area contributed by atoms with E-state index >= 15 is 0 Å². The smallest absolute Gasteiger partial charge is 0.222 e. The number of nitrogens with one attached hydrogen (secondary N) is 1. The molecule has 3 atom stereocenters. The van der Waals surface area contributed by atoms with Crippen LogP contribution in [-0.2, 0) is 4.79 Å². The second-order valence-corrected chi connectivity index (χ2v) is 19.9. The average molecular weight is 877 g/mol. The van der Waals surface area contributed by atoms with E-state index in [0.717, 1.165) is 25.7 Å². The lowest BCUT2D eigenvalue weighted by Crippen LogP contribution is -2.46. The molecule has 0 heterocycles. The van der Waals surface area contributed by atoms with Gasteiger partial charge in [-0.2, -0.15) is 0 Å². The molecule has 0 saturated carbocycles. The summed E-state index contributed by atoms with van der Waals surface area (Å²) in [6.07, 6.45) is 65.2. The molecule has 370 valence electrons. The van der Waals surface area contributed by atoms with Crippen molar-refractivity contribution in [2.75, 3.05) is 6.61 Å². The number of rotatable bonds is 53. The van der Waals surface area contributed by atoms with Crippen LogP contribution in [0.1, 0.15) is 322 Å². The minimum atomic E-state index is -0.746. The van der Waals surface area contributed by atoms with Gasteiger partial charge in [-0.3, -0.25) is 4.79 Å². The predicted octanol–water partition coefficient (Wildman–Crippen LogP) is 17.5. The highest BCUT2D eigenvalue weighted by molar-refractivity contribution is 5.76. The molecule has 0 aliphatic heterocycles. The fourth-order valence-electron chi connectivity index (χ4n) is 9.23. The van der Waals surface area contributed by atoms with Crippen LogP contribution in [0.3, 0.4) is 0 Å². The Morgan fingerprint density at radius 2 is 0.645 bits per heavy atom. The maximum Gasteiger partial charge on any atom is 0.222 e. The molecule has 5 heteroatoms. The van der Waals surface area contributed by atoms with E-state index in [9.17, 15) is 20.1 Å². The van der Waals surface area contributed by atoms with Gasteiger partial charge in [0.05, 0.1) is 31.3 Å². The maximum absolute atomic E-state index is 12.5. The van der Waals surface area contributed by atoms with Crippen molar-refractivity contribution < 1.29 is 20.1 Å².